The first-order valence-corrected chi connectivity index (χ1v) is 11.1. The Morgan fingerprint density at radius 2 is 1.80 bits per heavy atom. The molecule has 2 aromatic heterocycles. The lowest BCUT2D eigenvalue weighted by Crippen LogP contribution is -2.29. The first-order chi connectivity index (χ1) is 14.7. The second-order valence-electron chi connectivity index (χ2n) is 8.17. The van der Waals surface area contributed by atoms with Crippen molar-refractivity contribution in [2.24, 2.45) is 0 Å². The summed E-state index contributed by atoms with van der Waals surface area (Å²) in [5.41, 5.74) is 2.82. The Kier molecular flexibility index (Phi) is 5.17. The van der Waals surface area contributed by atoms with Gasteiger partial charge in [-0.3, -0.25) is 4.98 Å². The van der Waals surface area contributed by atoms with Gasteiger partial charge in [0.1, 0.15) is 5.75 Å². The van der Waals surface area contributed by atoms with Gasteiger partial charge in [-0.05, 0) is 61.0 Å². The molecular weight excluding hydrogens is 392 g/mol. The van der Waals surface area contributed by atoms with Crippen molar-refractivity contribution in [1.82, 2.24) is 14.9 Å². The van der Waals surface area contributed by atoms with Gasteiger partial charge in [-0.25, -0.2) is 0 Å². The second-order valence-corrected chi connectivity index (χ2v) is 8.56. The number of aromatic hydroxyl groups is 1. The number of rotatable bonds is 4. The van der Waals surface area contributed by atoms with Crippen molar-refractivity contribution in [1.29, 1.82) is 0 Å². The Morgan fingerprint density at radius 1 is 1.00 bits per heavy atom. The Labute approximate surface area is 182 Å². The summed E-state index contributed by atoms with van der Waals surface area (Å²) in [5.74, 6) is 0.222. The highest BCUT2D eigenvalue weighted by Crippen LogP contribution is 2.44. The summed E-state index contributed by atoms with van der Waals surface area (Å²) < 4.78 is 2.37. The number of anilines is 1. The molecule has 0 unspecified atom stereocenters. The van der Waals surface area contributed by atoms with E-state index >= 15 is 0 Å². The van der Waals surface area contributed by atoms with Gasteiger partial charge < -0.3 is 19.9 Å². The number of benzene rings is 1. The molecule has 3 heterocycles. The van der Waals surface area contributed by atoms with E-state index in [1.807, 2.05) is 47.5 Å². The van der Waals surface area contributed by atoms with Crippen LogP contribution >= 0.6 is 12.2 Å². The number of nitrogens with one attached hydrogen (secondary N) is 1. The van der Waals surface area contributed by atoms with Crippen molar-refractivity contribution < 1.29 is 5.11 Å². The van der Waals surface area contributed by atoms with E-state index < -0.39 is 0 Å². The summed E-state index contributed by atoms with van der Waals surface area (Å²) in [7, 11) is 0. The molecule has 1 aliphatic heterocycles. The molecule has 2 fully saturated rings. The van der Waals surface area contributed by atoms with Gasteiger partial charge in [0.05, 0.1) is 23.5 Å². The summed E-state index contributed by atoms with van der Waals surface area (Å²) in [6, 6.07) is 15.9. The fourth-order valence-electron chi connectivity index (χ4n) is 4.83. The van der Waals surface area contributed by atoms with Gasteiger partial charge in [0.2, 0.25) is 0 Å². The first-order valence-electron chi connectivity index (χ1n) is 10.7. The molecule has 2 aliphatic rings. The molecule has 2 atom stereocenters. The van der Waals surface area contributed by atoms with Crippen molar-refractivity contribution in [3.63, 3.8) is 0 Å². The quantitative estimate of drug-likeness (QED) is 0.565. The summed E-state index contributed by atoms with van der Waals surface area (Å²) in [5, 5.41) is 14.6. The number of para-hydroxylation sites is 2. The molecule has 3 aromatic rings. The zero-order chi connectivity index (χ0) is 20.5. The van der Waals surface area contributed by atoms with Crippen LogP contribution in [-0.2, 0) is 0 Å². The van der Waals surface area contributed by atoms with Crippen LogP contribution in [0.25, 0.3) is 0 Å². The van der Waals surface area contributed by atoms with E-state index in [0.29, 0.717) is 16.8 Å². The zero-order valence-corrected chi connectivity index (χ0v) is 17.6. The van der Waals surface area contributed by atoms with E-state index in [2.05, 4.69) is 33.3 Å². The van der Waals surface area contributed by atoms with Gasteiger partial charge in [-0.15, -0.1) is 0 Å². The average molecular weight is 419 g/mol. The van der Waals surface area contributed by atoms with Crippen LogP contribution in [0.2, 0.25) is 0 Å². The smallest absolute Gasteiger partial charge is 0.174 e. The number of aromatic nitrogens is 2. The molecule has 154 valence electrons. The van der Waals surface area contributed by atoms with Crippen LogP contribution in [0.4, 0.5) is 5.69 Å². The maximum Gasteiger partial charge on any atom is 0.174 e. The van der Waals surface area contributed by atoms with Gasteiger partial charge in [0.25, 0.3) is 0 Å². The van der Waals surface area contributed by atoms with Crippen LogP contribution in [0.15, 0.2) is 67.1 Å². The first kappa shape index (κ1) is 19.1. The van der Waals surface area contributed by atoms with Crippen LogP contribution in [0, 0.1) is 0 Å². The van der Waals surface area contributed by atoms with Crippen LogP contribution in [0.1, 0.15) is 61.5 Å². The van der Waals surface area contributed by atoms with Crippen molar-refractivity contribution >= 4 is 23.0 Å². The van der Waals surface area contributed by atoms with E-state index in [1.54, 1.807) is 6.07 Å². The third-order valence-electron chi connectivity index (χ3n) is 6.31. The average Bonchev–Trinajstić information content (AvgIpc) is 3.40. The Hall–Kier alpha value is -2.86. The highest BCUT2D eigenvalue weighted by molar-refractivity contribution is 7.80. The summed E-state index contributed by atoms with van der Waals surface area (Å²) in [4.78, 5) is 6.63. The molecule has 1 saturated carbocycles. The Morgan fingerprint density at radius 3 is 2.57 bits per heavy atom. The fraction of sp³-hybridized carbons (Fsp3) is 0.333. The standard InChI is InChI=1S/C24H26N4OS/c29-21-12-5-4-11-20(21)28-23(22(26-24(28)30)19-10-6-7-14-25-19)17-13-15-27(16-17)18-8-2-1-3-9-18/h4-7,10-16,18,22-23,29H,1-3,8-9H2,(H,26,30)/t22-,23+/m1/s1. The van der Waals surface area contributed by atoms with Crippen molar-refractivity contribution in [2.75, 3.05) is 4.90 Å². The minimum Gasteiger partial charge on any atom is -0.506 e. The minimum absolute atomic E-state index is 0.0921. The number of phenols is 1. The molecule has 30 heavy (non-hydrogen) atoms. The molecule has 0 amide bonds. The topological polar surface area (TPSA) is 53.3 Å². The van der Waals surface area contributed by atoms with Gasteiger partial charge in [0, 0.05) is 24.6 Å². The summed E-state index contributed by atoms with van der Waals surface area (Å²) >= 11 is 5.74. The number of phenolic OH excluding ortho intramolecular Hbond substituents is 1. The van der Waals surface area contributed by atoms with Crippen LogP contribution in [0.3, 0.4) is 0 Å². The Balaban J connectivity index is 1.57. The van der Waals surface area contributed by atoms with E-state index in [9.17, 15) is 5.11 Å². The van der Waals surface area contributed by atoms with E-state index in [0.717, 1.165) is 5.69 Å². The molecule has 2 N–H and O–H groups in total. The molecule has 1 saturated heterocycles. The van der Waals surface area contributed by atoms with Crippen LogP contribution in [-0.4, -0.2) is 19.8 Å². The van der Waals surface area contributed by atoms with E-state index in [4.69, 9.17) is 12.2 Å². The molecule has 1 aromatic carbocycles. The van der Waals surface area contributed by atoms with Crippen molar-refractivity contribution in [2.45, 2.75) is 50.2 Å². The molecule has 6 heteroatoms. The number of nitrogens with zero attached hydrogens (tertiary/aromatic N) is 3. The van der Waals surface area contributed by atoms with Gasteiger partial charge in [0.15, 0.2) is 5.11 Å². The highest BCUT2D eigenvalue weighted by atomic mass is 32.1. The minimum atomic E-state index is -0.0967. The largest absolute Gasteiger partial charge is 0.506 e. The van der Waals surface area contributed by atoms with Gasteiger partial charge >= 0.3 is 0 Å². The number of thiocarbonyl (C=S) groups is 1. The lowest BCUT2D eigenvalue weighted by Gasteiger charge is -2.28. The molecule has 0 spiro atoms. The van der Waals surface area contributed by atoms with Crippen LogP contribution in [0.5, 0.6) is 5.75 Å². The van der Waals surface area contributed by atoms with Crippen LogP contribution < -0.4 is 10.2 Å². The number of hydrogen-bond donors (Lipinski definition) is 2. The maximum atomic E-state index is 10.6. The third kappa shape index (κ3) is 3.45. The normalized spacial score (nSPS) is 22.3. The molecular formula is C24H26N4OS. The molecule has 5 nitrogen and oxygen atoms in total. The lowest BCUT2D eigenvalue weighted by molar-refractivity contribution is 0.353. The number of pyridine rings is 1. The summed E-state index contributed by atoms with van der Waals surface area (Å²) in [6.07, 6.45) is 12.7. The van der Waals surface area contributed by atoms with Gasteiger partial charge in [-0.2, -0.15) is 0 Å². The van der Waals surface area contributed by atoms with E-state index in [-0.39, 0.29) is 17.8 Å². The van der Waals surface area contributed by atoms with E-state index in [1.165, 1.54) is 37.7 Å². The fourth-order valence-corrected chi connectivity index (χ4v) is 5.17. The predicted octanol–water partition coefficient (Wildman–Crippen LogP) is 5.27. The van der Waals surface area contributed by atoms with Crippen molar-refractivity contribution in [3.05, 3.63) is 78.4 Å². The third-order valence-corrected chi connectivity index (χ3v) is 6.63. The lowest BCUT2D eigenvalue weighted by atomic mass is 9.95. The SMILES string of the molecule is Oc1ccccc1N1C(=S)N[C@H](c2ccccn2)[C@@H]1c1ccn(C2CCCCC2)c1. The van der Waals surface area contributed by atoms with Crippen molar-refractivity contribution in [3.8, 4) is 5.75 Å². The Bertz CT molecular complexity index is 1030. The second kappa shape index (κ2) is 8.11. The molecule has 1 aliphatic carbocycles. The maximum absolute atomic E-state index is 10.6. The highest BCUT2D eigenvalue weighted by Gasteiger charge is 2.42. The zero-order valence-electron chi connectivity index (χ0n) is 16.8. The molecule has 0 bridgehead atoms. The number of hydrogen-bond acceptors (Lipinski definition) is 3. The summed E-state index contributed by atoms with van der Waals surface area (Å²) in [6.45, 7) is 0. The van der Waals surface area contributed by atoms with Gasteiger partial charge in [-0.1, -0.05) is 37.5 Å². The predicted molar refractivity (Wildman–Crippen MR) is 123 cm³/mol. The molecule has 0 radical (unpaired) electrons. The monoisotopic (exact) mass is 418 g/mol. The molecule has 5 rings (SSSR count).